The van der Waals surface area contributed by atoms with Crippen LogP contribution >= 0.6 is 0 Å². The van der Waals surface area contributed by atoms with Gasteiger partial charge in [0.2, 0.25) is 0 Å². The van der Waals surface area contributed by atoms with E-state index in [2.05, 4.69) is 5.32 Å². The van der Waals surface area contributed by atoms with Crippen LogP contribution in [0.3, 0.4) is 0 Å². The average molecular weight is 137 g/mol. The third-order valence-electron chi connectivity index (χ3n) is 1.89. The minimum absolute atomic E-state index is 1.09. The molecule has 2 heterocycles. The summed E-state index contributed by atoms with van der Waals surface area (Å²) in [6, 6.07) is 2.00. The number of nitrogens with one attached hydrogen (secondary N) is 1. The summed E-state index contributed by atoms with van der Waals surface area (Å²) in [7, 11) is 0. The van der Waals surface area contributed by atoms with E-state index in [4.69, 9.17) is 4.42 Å². The molecule has 0 saturated carbocycles. The summed E-state index contributed by atoms with van der Waals surface area (Å²) in [6.07, 6.45) is 5.34. The first-order valence-corrected chi connectivity index (χ1v) is 3.77. The van der Waals surface area contributed by atoms with Crippen LogP contribution in [-0.4, -0.2) is 6.54 Å². The van der Waals surface area contributed by atoms with Crippen molar-refractivity contribution in [2.24, 2.45) is 0 Å². The van der Waals surface area contributed by atoms with E-state index in [1.165, 1.54) is 18.5 Å². The molecule has 1 N–H and O–H groups in total. The lowest BCUT2D eigenvalue weighted by Gasteiger charge is -1.96. The van der Waals surface area contributed by atoms with Crippen molar-refractivity contribution in [3.05, 3.63) is 18.1 Å². The van der Waals surface area contributed by atoms with Crippen LogP contribution in [-0.2, 0) is 6.42 Å². The predicted molar refractivity (Wildman–Crippen MR) is 40.1 cm³/mol. The molecule has 10 heavy (non-hydrogen) atoms. The fourth-order valence-electron chi connectivity index (χ4n) is 1.33. The van der Waals surface area contributed by atoms with Crippen molar-refractivity contribution in [2.45, 2.75) is 19.3 Å². The summed E-state index contributed by atoms with van der Waals surface area (Å²) in [5.41, 5.74) is 1.19. The van der Waals surface area contributed by atoms with E-state index < -0.39 is 0 Å². The molecule has 0 radical (unpaired) electrons. The number of furan rings is 1. The lowest BCUT2D eigenvalue weighted by Crippen LogP contribution is -1.97. The van der Waals surface area contributed by atoms with Crippen LogP contribution in [0.4, 0.5) is 5.69 Å². The zero-order valence-electron chi connectivity index (χ0n) is 5.89. The average Bonchev–Trinajstić information content (AvgIpc) is 2.28. The Bertz CT molecular complexity index is 196. The van der Waals surface area contributed by atoms with Crippen molar-refractivity contribution in [1.82, 2.24) is 0 Å². The number of rotatable bonds is 0. The summed E-state index contributed by atoms with van der Waals surface area (Å²) < 4.78 is 5.27. The summed E-state index contributed by atoms with van der Waals surface area (Å²) in [6.45, 7) is 1.09. The van der Waals surface area contributed by atoms with Crippen molar-refractivity contribution in [1.29, 1.82) is 0 Å². The molecule has 0 atom stereocenters. The van der Waals surface area contributed by atoms with Gasteiger partial charge in [0.25, 0.3) is 0 Å². The second kappa shape index (κ2) is 2.37. The lowest BCUT2D eigenvalue weighted by atomic mass is 10.2. The molecule has 2 heteroatoms. The molecule has 1 aromatic heterocycles. The topological polar surface area (TPSA) is 25.2 Å². The van der Waals surface area contributed by atoms with Crippen LogP contribution in [0, 0.1) is 0 Å². The number of aryl methyl sites for hydroxylation is 1. The standard InChI is InChI=1S/C8H11NO/c1-2-5-9-7-4-6-10-8(7)3-1/h4,6,9H,1-3,5H2. The third kappa shape index (κ3) is 0.897. The maximum absolute atomic E-state index is 5.27. The minimum Gasteiger partial charge on any atom is -0.467 e. The van der Waals surface area contributed by atoms with Gasteiger partial charge in [-0.25, -0.2) is 0 Å². The fraction of sp³-hybridized carbons (Fsp3) is 0.500. The molecule has 0 amide bonds. The normalized spacial score (nSPS) is 17.2. The largest absolute Gasteiger partial charge is 0.467 e. The Labute approximate surface area is 60.2 Å². The molecule has 0 fully saturated rings. The first kappa shape index (κ1) is 5.83. The van der Waals surface area contributed by atoms with Crippen LogP contribution in [0.2, 0.25) is 0 Å². The lowest BCUT2D eigenvalue weighted by molar-refractivity contribution is 0.505. The van der Waals surface area contributed by atoms with Crippen molar-refractivity contribution < 1.29 is 4.42 Å². The van der Waals surface area contributed by atoms with E-state index in [0.29, 0.717) is 0 Å². The van der Waals surface area contributed by atoms with Crippen molar-refractivity contribution >= 4 is 5.69 Å². The van der Waals surface area contributed by atoms with Gasteiger partial charge in [-0.05, 0) is 18.9 Å². The first-order valence-electron chi connectivity index (χ1n) is 3.77. The van der Waals surface area contributed by atoms with E-state index in [1.807, 2.05) is 6.07 Å². The quantitative estimate of drug-likeness (QED) is 0.591. The number of hydrogen-bond donors (Lipinski definition) is 1. The van der Waals surface area contributed by atoms with Crippen molar-refractivity contribution in [2.75, 3.05) is 11.9 Å². The third-order valence-corrected chi connectivity index (χ3v) is 1.89. The molecule has 1 aromatic rings. The van der Waals surface area contributed by atoms with E-state index in [9.17, 15) is 0 Å². The zero-order valence-corrected chi connectivity index (χ0v) is 5.89. The second-order valence-electron chi connectivity index (χ2n) is 2.64. The first-order chi connectivity index (χ1) is 4.97. The van der Waals surface area contributed by atoms with Crippen molar-refractivity contribution in [3.8, 4) is 0 Å². The van der Waals surface area contributed by atoms with Gasteiger partial charge in [-0.2, -0.15) is 0 Å². The van der Waals surface area contributed by atoms with E-state index >= 15 is 0 Å². The Kier molecular flexibility index (Phi) is 1.38. The Balaban J connectivity index is 2.28. The number of hydrogen-bond acceptors (Lipinski definition) is 2. The van der Waals surface area contributed by atoms with Gasteiger partial charge < -0.3 is 9.73 Å². The molecule has 0 unspecified atom stereocenters. The summed E-state index contributed by atoms with van der Waals surface area (Å²) in [5, 5.41) is 3.31. The molecule has 0 bridgehead atoms. The SMILES string of the molecule is c1cc2c(o1)CCCCN2. The molecule has 0 spiro atoms. The molecule has 0 aliphatic carbocycles. The zero-order chi connectivity index (χ0) is 6.81. The van der Waals surface area contributed by atoms with E-state index in [-0.39, 0.29) is 0 Å². The maximum Gasteiger partial charge on any atom is 0.126 e. The van der Waals surface area contributed by atoms with E-state index in [1.54, 1.807) is 6.26 Å². The van der Waals surface area contributed by atoms with Gasteiger partial charge in [0, 0.05) is 13.0 Å². The highest BCUT2D eigenvalue weighted by Gasteiger charge is 2.08. The Hall–Kier alpha value is -0.920. The van der Waals surface area contributed by atoms with Crippen LogP contribution in [0.1, 0.15) is 18.6 Å². The van der Waals surface area contributed by atoms with Gasteiger partial charge in [-0.15, -0.1) is 0 Å². The molecule has 1 aliphatic rings. The molecule has 0 aromatic carbocycles. The van der Waals surface area contributed by atoms with Gasteiger partial charge in [0.05, 0.1) is 12.0 Å². The molecular formula is C8H11NO. The monoisotopic (exact) mass is 137 g/mol. The summed E-state index contributed by atoms with van der Waals surface area (Å²) in [5.74, 6) is 1.12. The van der Waals surface area contributed by atoms with Gasteiger partial charge in [-0.3, -0.25) is 0 Å². The van der Waals surface area contributed by atoms with Crippen LogP contribution in [0.15, 0.2) is 16.7 Å². The Morgan fingerprint density at radius 2 is 2.40 bits per heavy atom. The highest BCUT2D eigenvalue weighted by Crippen LogP contribution is 2.21. The minimum atomic E-state index is 1.09. The molecule has 1 aliphatic heterocycles. The second-order valence-corrected chi connectivity index (χ2v) is 2.64. The molecule has 2 nitrogen and oxygen atoms in total. The number of anilines is 1. The molecular weight excluding hydrogens is 126 g/mol. The van der Waals surface area contributed by atoms with Crippen LogP contribution in [0.25, 0.3) is 0 Å². The summed E-state index contributed by atoms with van der Waals surface area (Å²) in [4.78, 5) is 0. The Morgan fingerprint density at radius 1 is 1.40 bits per heavy atom. The highest BCUT2D eigenvalue weighted by atomic mass is 16.3. The fourth-order valence-corrected chi connectivity index (χ4v) is 1.33. The molecule has 0 saturated heterocycles. The van der Waals surface area contributed by atoms with Crippen LogP contribution in [0.5, 0.6) is 0 Å². The van der Waals surface area contributed by atoms with E-state index in [0.717, 1.165) is 18.7 Å². The highest BCUT2D eigenvalue weighted by molar-refractivity contribution is 5.46. The van der Waals surface area contributed by atoms with Gasteiger partial charge in [0.1, 0.15) is 5.76 Å². The summed E-state index contributed by atoms with van der Waals surface area (Å²) >= 11 is 0. The Morgan fingerprint density at radius 3 is 3.40 bits per heavy atom. The number of fused-ring (bicyclic) bond motifs is 1. The van der Waals surface area contributed by atoms with Crippen molar-refractivity contribution in [3.63, 3.8) is 0 Å². The van der Waals surface area contributed by atoms with Gasteiger partial charge >= 0.3 is 0 Å². The molecule has 54 valence electrons. The smallest absolute Gasteiger partial charge is 0.126 e. The maximum atomic E-state index is 5.27. The van der Waals surface area contributed by atoms with Gasteiger partial charge in [-0.1, -0.05) is 0 Å². The van der Waals surface area contributed by atoms with Gasteiger partial charge in [0.15, 0.2) is 0 Å². The molecule has 2 rings (SSSR count). The van der Waals surface area contributed by atoms with Crippen LogP contribution < -0.4 is 5.32 Å². The predicted octanol–water partition coefficient (Wildman–Crippen LogP) is 2.03.